The van der Waals surface area contributed by atoms with Crippen LogP contribution in [0.1, 0.15) is 51.9 Å². The zero-order valence-corrected chi connectivity index (χ0v) is 11.3. The molecule has 0 fully saturated rings. The Labute approximate surface area is 109 Å². The molecule has 1 rings (SSSR count). The number of aliphatic carboxylic acids is 1. The van der Waals surface area contributed by atoms with Gasteiger partial charge in [0.1, 0.15) is 18.9 Å². The van der Waals surface area contributed by atoms with E-state index in [0.717, 1.165) is 6.54 Å². The van der Waals surface area contributed by atoms with Gasteiger partial charge >= 0.3 is 5.97 Å². The molecule has 0 aromatic carbocycles. The Morgan fingerprint density at radius 3 is 2.67 bits per heavy atom. The van der Waals surface area contributed by atoms with Crippen LogP contribution < -0.4 is 4.57 Å². The van der Waals surface area contributed by atoms with Gasteiger partial charge in [-0.15, -0.1) is 0 Å². The molecule has 0 unspecified atom stereocenters. The Balaban J connectivity index is 2.13. The molecule has 0 atom stereocenters. The number of aryl methyl sites for hydroxylation is 2. The Kier molecular flexibility index (Phi) is 7.14. The van der Waals surface area contributed by atoms with E-state index < -0.39 is 5.97 Å². The van der Waals surface area contributed by atoms with Gasteiger partial charge in [-0.1, -0.05) is 32.6 Å². The van der Waals surface area contributed by atoms with Crippen LogP contribution in [0, 0.1) is 0 Å². The lowest BCUT2D eigenvalue weighted by molar-refractivity contribution is -0.696. The number of hydrogen-bond acceptors (Lipinski definition) is 1. The van der Waals surface area contributed by atoms with Gasteiger partial charge in [-0.05, 0) is 12.8 Å². The van der Waals surface area contributed by atoms with Gasteiger partial charge in [-0.2, -0.15) is 0 Å². The molecular formula is C14H25N2O2+. The van der Waals surface area contributed by atoms with Crippen LogP contribution in [0.3, 0.4) is 0 Å². The fourth-order valence-electron chi connectivity index (χ4n) is 2.00. The average molecular weight is 253 g/mol. The molecule has 0 aliphatic heterocycles. The summed E-state index contributed by atoms with van der Waals surface area (Å²) in [7, 11) is 0. The van der Waals surface area contributed by atoms with Crippen molar-refractivity contribution >= 4 is 5.97 Å². The molecule has 18 heavy (non-hydrogen) atoms. The monoisotopic (exact) mass is 253 g/mol. The van der Waals surface area contributed by atoms with Crippen LogP contribution in [0.2, 0.25) is 0 Å². The molecule has 1 N–H and O–H groups in total. The quantitative estimate of drug-likeness (QED) is 0.514. The molecule has 1 heterocycles. The van der Waals surface area contributed by atoms with E-state index in [1.807, 2.05) is 23.3 Å². The third kappa shape index (κ3) is 6.42. The molecule has 0 spiro atoms. The summed E-state index contributed by atoms with van der Waals surface area (Å²) in [6.45, 7) is 3.82. The second kappa shape index (κ2) is 8.72. The Morgan fingerprint density at radius 1 is 1.22 bits per heavy atom. The third-order valence-corrected chi connectivity index (χ3v) is 3.10. The highest BCUT2D eigenvalue weighted by molar-refractivity contribution is 5.66. The number of carbonyl (C=O) groups is 1. The molecule has 0 aliphatic rings. The van der Waals surface area contributed by atoms with Gasteiger partial charge in [0, 0.05) is 0 Å². The van der Waals surface area contributed by atoms with Crippen molar-refractivity contribution in [3.63, 3.8) is 0 Å². The summed E-state index contributed by atoms with van der Waals surface area (Å²) in [5.41, 5.74) is 0. The van der Waals surface area contributed by atoms with Gasteiger partial charge in [-0.25, -0.2) is 9.13 Å². The van der Waals surface area contributed by atoms with E-state index in [9.17, 15) is 4.79 Å². The minimum atomic E-state index is -0.744. The molecule has 1 aromatic heterocycles. The first-order chi connectivity index (χ1) is 8.72. The van der Waals surface area contributed by atoms with Crippen molar-refractivity contribution in [3.8, 4) is 0 Å². The third-order valence-electron chi connectivity index (χ3n) is 3.10. The normalized spacial score (nSPS) is 10.7. The molecule has 4 heteroatoms. The Morgan fingerprint density at radius 2 is 1.94 bits per heavy atom. The van der Waals surface area contributed by atoms with Crippen molar-refractivity contribution in [1.82, 2.24) is 4.57 Å². The van der Waals surface area contributed by atoms with E-state index in [2.05, 4.69) is 11.5 Å². The van der Waals surface area contributed by atoms with Crippen molar-refractivity contribution in [2.45, 2.75) is 65.0 Å². The summed E-state index contributed by atoms with van der Waals surface area (Å²) in [6.07, 6.45) is 14.0. The molecule has 0 saturated carbocycles. The van der Waals surface area contributed by atoms with Crippen molar-refractivity contribution in [1.29, 1.82) is 0 Å². The summed E-state index contributed by atoms with van der Waals surface area (Å²) in [5.74, 6) is -0.744. The number of aromatic nitrogens is 2. The highest BCUT2D eigenvalue weighted by atomic mass is 16.4. The average Bonchev–Trinajstić information content (AvgIpc) is 2.79. The van der Waals surface area contributed by atoms with Crippen molar-refractivity contribution in [2.75, 3.05) is 0 Å². The summed E-state index contributed by atoms with van der Waals surface area (Å²) < 4.78 is 4.08. The number of imidazole rings is 1. The van der Waals surface area contributed by atoms with Crippen molar-refractivity contribution in [3.05, 3.63) is 18.7 Å². The van der Waals surface area contributed by atoms with Crippen LogP contribution >= 0.6 is 0 Å². The maximum absolute atomic E-state index is 10.5. The molecule has 102 valence electrons. The van der Waals surface area contributed by atoms with Gasteiger partial charge in [0.2, 0.25) is 6.33 Å². The van der Waals surface area contributed by atoms with Crippen molar-refractivity contribution < 1.29 is 14.5 Å². The summed E-state index contributed by atoms with van der Waals surface area (Å²) in [6, 6.07) is 0. The van der Waals surface area contributed by atoms with Gasteiger partial charge in [-0.3, -0.25) is 4.79 Å². The number of carboxylic acids is 1. The van der Waals surface area contributed by atoms with Crippen LogP contribution in [0.5, 0.6) is 0 Å². The summed E-state index contributed by atoms with van der Waals surface area (Å²) in [4.78, 5) is 10.5. The number of carboxylic acid groups (broad SMARTS) is 1. The van der Waals surface area contributed by atoms with Crippen LogP contribution in [0.25, 0.3) is 0 Å². The van der Waals surface area contributed by atoms with E-state index in [4.69, 9.17) is 5.11 Å². The number of rotatable bonds is 10. The zero-order chi connectivity index (χ0) is 13.2. The molecule has 1 aromatic rings. The van der Waals surface area contributed by atoms with E-state index in [1.165, 1.54) is 38.5 Å². The fourth-order valence-corrected chi connectivity index (χ4v) is 2.00. The van der Waals surface area contributed by atoms with E-state index in [1.54, 1.807) is 0 Å². The molecule has 0 amide bonds. The van der Waals surface area contributed by atoms with Gasteiger partial charge in [0.25, 0.3) is 0 Å². The van der Waals surface area contributed by atoms with E-state index in [-0.39, 0.29) is 6.42 Å². The topological polar surface area (TPSA) is 46.1 Å². The summed E-state index contributed by atoms with van der Waals surface area (Å²) >= 11 is 0. The SMILES string of the molecule is CCCCCCCC[n+]1ccn(CCC(=O)O)c1. The van der Waals surface area contributed by atoms with Crippen LogP contribution in [-0.2, 0) is 17.9 Å². The largest absolute Gasteiger partial charge is 0.481 e. The lowest BCUT2D eigenvalue weighted by atomic mass is 10.1. The van der Waals surface area contributed by atoms with Crippen LogP contribution in [-0.4, -0.2) is 15.6 Å². The highest BCUT2D eigenvalue weighted by Gasteiger charge is 2.05. The first-order valence-corrected chi connectivity index (χ1v) is 6.99. The smallest absolute Gasteiger partial charge is 0.307 e. The van der Waals surface area contributed by atoms with Crippen LogP contribution in [0.15, 0.2) is 18.7 Å². The number of nitrogens with zero attached hydrogens (tertiary/aromatic N) is 2. The Hall–Kier alpha value is -1.32. The van der Waals surface area contributed by atoms with Crippen molar-refractivity contribution in [2.24, 2.45) is 0 Å². The predicted molar refractivity (Wildman–Crippen MR) is 70.3 cm³/mol. The molecule has 0 bridgehead atoms. The maximum Gasteiger partial charge on any atom is 0.307 e. The standard InChI is InChI=1S/C14H24N2O2/c1-2-3-4-5-6-7-9-15-11-12-16(13-15)10-8-14(17)18/h11-13H,2-10H2,1H3/p+1. The highest BCUT2D eigenvalue weighted by Crippen LogP contribution is 2.04. The minimum absolute atomic E-state index is 0.186. The maximum atomic E-state index is 10.5. The summed E-state index contributed by atoms with van der Waals surface area (Å²) in [5, 5.41) is 8.61. The first kappa shape index (κ1) is 14.7. The zero-order valence-electron chi connectivity index (χ0n) is 11.3. The predicted octanol–water partition coefficient (Wildman–Crippen LogP) is 2.61. The molecule has 0 radical (unpaired) electrons. The molecular weight excluding hydrogens is 228 g/mol. The van der Waals surface area contributed by atoms with E-state index >= 15 is 0 Å². The van der Waals surface area contributed by atoms with Gasteiger partial charge in [0.05, 0.1) is 13.0 Å². The number of unbranched alkanes of at least 4 members (excludes halogenated alkanes) is 5. The van der Waals surface area contributed by atoms with Gasteiger partial charge in [0.15, 0.2) is 0 Å². The second-order valence-corrected chi connectivity index (χ2v) is 4.80. The Bertz CT molecular complexity index is 347. The number of hydrogen-bond donors (Lipinski definition) is 1. The first-order valence-electron chi connectivity index (χ1n) is 6.99. The lowest BCUT2D eigenvalue weighted by Crippen LogP contribution is -2.30. The molecule has 0 aliphatic carbocycles. The van der Waals surface area contributed by atoms with E-state index in [0.29, 0.717) is 6.54 Å². The van der Waals surface area contributed by atoms with Gasteiger partial charge < -0.3 is 5.11 Å². The fraction of sp³-hybridized carbons (Fsp3) is 0.714. The second-order valence-electron chi connectivity index (χ2n) is 4.80. The lowest BCUT2D eigenvalue weighted by Gasteiger charge is -1.98. The van der Waals surface area contributed by atoms with Crippen LogP contribution in [0.4, 0.5) is 0 Å². The molecule has 0 saturated heterocycles. The minimum Gasteiger partial charge on any atom is -0.481 e. The molecule has 4 nitrogen and oxygen atoms in total.